The molecule has 2 aromatic rings. The lowest BCUT2D eigenvalue weighted by molar-refractivity contribution is -0.140. The molecule has 0 radical (unpaired) electrons. The van der Waals surface area contributed by atoms with Crippen molar-refractivity contribution in [1.29, 1.82) is 0 Å². The van der Waals surface area contributed by atoms with Crippen LogP contribution in [0.15, 0.2) is 48.5 Å². The van der Waals surface area contributed by atoms with Crippen LogP contribution in [-0.2, 0) is 32.3 Å². The van der Waals surface area contributed by atoms with Crippen LogP contribution in [0.2, 0.25) is 0 Å². The minimum Gasteiger partial charge on any atom is -0.354 e. The fourth-order valence-corrected chi connectivity index (χ4v) is 4.70. The summed E-state index contributed by atoms with van der Waals surface area (Å²) in [5.41, 5.74) is -0.565. The third-order valence-corrected chi connectivity index (χ3v) is 7.07. The predicted octanol–water partition coefficient (Wildman–Crippen LogP) is 4.72. The molecule has 0 aliphatic carbocycles. The van der Waals surface area contributed by atoms with Crippen LogP contribution in [0, 0.1) is 5.82 Å². The topological polar surface area (TPSA) is 86.8 Å². The normalized spacial score (nSPS) is 12.6. The average Bonchev–Trinajstić information content (AvgIpc) is 2.84. The van der Waals surface area contributed by atoms with Crippen LogP contribution >= 0.6 is 0 Å². The van der Waals surface area contributed by atoms with Crippen molar-refractivity contribution in [3.05, 3.63) is 65.5 Å². The Morgan fingerprint density at radius 1 is 1.05 bits per heavy atom. The summed E-state index contributed by atoms with van der Waals surface area (Å²) in [6, 6.07) is 8.56. The van der Waals surface area contributed by atoms with E-state index in [1.807, 2.05) is 6.92 Å². The van der Waals surface area contributed by atoms with Crippen molar-refractivity contribution in [2.75, 3.05) is 23.7 Å². The molecule has 0 aromatic heterocycles. The summed E-state index contributed by atoms with van der Waals surface area (Å²) >= 11 is 0. The highest BCUT2D eigenvalue weighted by Gasteiger charge is 2.32. The van der Waals surface area contributed by atoms with E-state index < -0.39 is 39.5 Å². The predicted molar refractivity (Wildman–Crippen MR) is 137 cm³/mol. The van der Waals surface area contributed by atoms with E-state index in [4.69, 9.17) is 0 Å². The largest absolute Gasteiger partial charge is 0.416 e. The van der Waals surface area contributed by atoms with Gasteiger partial charge in [-0.3, -0.25) is 13.9 Å². The van der Waals surface area contributed by atoms with E-state index in [1.54, 1.807) is 6.92 Å². The van der Waals surface area contributed by atoms with E-state index in [0.717, 1.165) is 41.6 Å². The van der Waals surface area contributed by atoms with Gasteiger partial charge in [-0.1, -0.05) is 31.5 Å². The van der Waals surface area contributed by atoms with Gasteiger partial charge in [-0.2, -0.15) is 13.2 Å². The molecule has 0 bridgehead atoms. The molecule has 0 unspecified atom stereocenters. The second-order valence-electron chi connectivity index (χ2n) is 8.96. The highest BCUT2D eigenvalue weighted by Crippen LogP contribution is 2.32. The number of benzene rings is 2. The summed E-state index contributed by atoms with van der Waals surface area (Å²) in [5.74, 6) is -1.27. The monoisotopic (exact) mass is 559 g/mol. The quantitative estimate of drug-likeness (QED) is 0.284. The molecule has 2 amide bonds. The molecule has 0 spiro atoms. The van der Waals surface area contributed by atoms with Gasteiger partial charge in [-0.05, 0) is 55.7 Å². The van der Waals surface area contributed by atoms with Crippen LogP contribution in [0.25, 0.3) is 0 Å². The third-order valence-electron chi connectivity index (χ3n) is 5.88. The molecule has 210 valence electrons. The SMILES string of the molecule is CCCCNC(=O)[C@@H](C)N(Cc1ccc(F)cc1)C(=O)CCCN(c1cccc(C(F)(F)F)c1)S(C)(=O)=O. The summed E-state index contributed by atoms with van der Waals surface area (Å²) in [5, 5.41) is 2.77. The van der Waals surface area contributed by atoms with Crippen LogP contribution in [0.5, 0.6) is 0 Å². The minimum atomic E-state index is -4.65. The number of anilines is 1. The third kappa shape index (κ3) is 9.30. The summed E-state index contributed by atoms with van der Waals surface area (Å²) in [6.45, 7) is 3.75. The fourth-order valence-electron chi connectivity index (χ4n) is 3.75. The van der Waals surface area contributed by atoms with Crippen LogP contribution in [0.3, 0.4) is 0 Å². The Morgan fingerprint density at radius 3 is 2.29 bits per heavy atom. The minimum absolute atomic E-state index is 0.00770. The Morgan fingerprint density at radius 2 is 1.71 bits per heavy atom. The smallest absolute Gasteiger partial charge is 0.354 e. The maximum absolute atomic E-state index is 13.4. The lowest BCUT2D eigenvalue weighted by Crippen LogP contribution is -2.48. The zero-order valence-corrected chi connectivity index (χ0v) is 22.4. The molecule has 0 heterocycles. The number of carbonyl (C=O) groups excluding carboxylic acids is 2. The van der Waals surface area contributed by atoms with Gasteiger partial charge in [0.1, 0.15) is 11.9 Å². The van der Waals surface area contributed by atoms with Crippen LogP contribution in [-0.4, -0.2) is 50.5 Å². The van der Waals surface area contributed by atoms with Crippen molar-refractivity contribution in [2.24, 2.45) is 0 Å². The van der Waals surface area contributed by atoms with Gasteiger partial charge in [-0.15, -0.1) is 0 Å². The lowest BCUT2D eigenvalue weighted by Gasteiger charge is -2.29. The average molecular weight is 560 g/mol. The van der Waals surface area contributed by atoms with Gasteiger partial charge in [-0.25, -0.2) is 12.8 Å². The van der Waals surface area contributed by atoms with Crippen molar-refractivity contribution in [1.82, 2.24) is 10.2 Å². The molecule has 0 aliphatic heterocycles. The van der Waals surface area contributed by atoms with E-state index in [-0.39, 0.29) is 37.5 Å². The molecule has 2 aromatic carbocycles. The van der Waals surface area contributed by atoms with Gasteiger partial charge in [0.2, 0.25) is 21.8 Å². The molecule has 0 fully saturated rings. The molecule has 0 saturated carbocycles. The summed E-state index contributed by atoms with van der Waals surface area (Å²) in [7, 11) is -3.95. The standard InChI is InChI=1S/C26H33F4N3O4S/c1-4-5-15-31-25(35)19(2)32(18-20-11-13-22(27)14-12-20)24(34)10-7-16-33(38(3,36)37)23-9-6-8-21(17-23)26(28,29)30/h6,8-9,11-14,17,19H,4-5,7,10,15-16,18H2,1-3H3,(H,31,35)/t19-/m1/s1. The molecular weight excluding hydrogens is 526 g/mol. The molecule has 7 nitrogen and oxygen atoms in total. The summed E-state index contributed by atoms with van der Waals surface area (Å²) in [4.78, 5) is 27.2. The Kier molecular flexibility index (Phi) is 11.1. The van der Waals surface area contributed by atoms with E-state index >= 15 is 0 Å². The Labute approximate surface area is 220 Å². The van der Waals surface area contributed by atoms with Crippen molar-refractivity contribution in [3.8, 4) is 0 Å². The molecule has 1 atom stereocenters. The van der Waals surface area contributed by atoms with Crippen LogP contribution in [0.1, 0.15) is 50.7 Å². The van der Waals surface area contributed by atoms with Crippen molar-refractivity contribution in [2.45, 2.75) is 58.3 Å². The number of sulfonamides is 1. The first kappa shape index (κ1) is 31.1. The van der Waals surface area contributed by atoms with Crippen LogP contribution in [0.4, 0.5) is 23.2 Å². The number of nitrogens with zero attached hydrogens (tertiary/aromatic N) is 2. The number of amides is 2. The molecule has 1 N–H and O–H groups in total. The van der Waals surface area contributed by atoms with Crippen molar-refractivity contribution < 1.29 is 35.6 Å². The number of hydrogen-bond donors (Lipinski definition) is 1. The Balaban J connectivity index is 2.19. The van der Waals surface area contributed by atoms with Crippen LogP contribution < -0.4 is 9.62 Å². The number of alkyl halides is 3. The Bertz CT molecular complexity index is 1190. The van der Waals surface area contributed by atoms with E-state index in [2.05, 4.69) is 5.32 Å². The number of hydrogen-bond acceptors (Lipinski definition) is 4. The molecule has 0 saturated heterocycles. The number of unbranched alkanes of at least 4 members (excludes halogenated alkanes) is 1. The van der Waals surface area contributed by atoms with E-state index in [9.17, 15) is 35.6 Å². The molecule has 38 heavy (non-hydrogen) atoms. The van der Waals surface area contributed by atoms with E-state index in [1.165, 1.54) is 35.2 Å². The van der Waals surface area contributed by atoms with E-state index in [0.29, 0.717) is 12.1 Å². The summed E-state index contributed by atoms with van der Waals surface area (Å²) in [6.07, 6.45) is -2.32. The number of rotatable bonds is 13. The Hall–Kier alpha value is -3.15. The van der Waals surface area contributed by atoms with Crippen molar-refractivity contribution in [3.63, 3.8) is 0 Å². The first-order valence-corrected chi connectivity index (χ1v) is 14.1. The van der Waals surface area contributed by atoms with Gasteiger partial charge in [0.15, 0.2) is 0 Å². The van der Waals surface area contributed by atoms with Gasteiger partial charge < -0.3 is 10.2 Å². The first-order chi connectivity index (χ1) is 17.7. The zero-order chi connectivity index (χ0) is 28.5. The van der Waals surface area contributed by atoms with Crippen molar-refractivity contribution >= 4 is 27.5 Å². The number of carbonyl (C=O) groups is 2. The second-order valence-corrected chi connectivity index (χ2v) is 10.9. The lowest BCUT2D eigenvalue weighted by atomic mass is 10.1. The number of nitrogens with one attached hydrogen (secondary N) is 1. The second kappa shape index (κ2) is 13.6. The van der Waals surface area contributed by atoms with Gasteiger partial charge in [0, 0.05) is 26.1 Å². The molecular formula is C26H33F4N3O4S. The molecule has 12 heteroatoms. The highest BCUT2D eigenvalue weighted by molar-refractivity contribution is 7.92. The van der Waals surface area contributed by atoms with Gasteiger partial charge in [0.05, 0.1) is 17.5 Å². The fraction of sp³-hybridized carbons (Fsp3) is 0.462. The molecule has 0 aliphatic rings. The van der Waals surface area contributed by atoms with Gasteiger partial charge >= 0.3 is 6.18 Å². The maximum atomic E-state index is 13.4. The maximum Gasteiger partial charge on any atom is 0.416 e. The number of halogens is 4. The summed E-state index contributed by atoms with van der Waals surface area (Å²) < 4.78 is 78.3. The highest BCUT2D eigenvalue weighted by atomic mass is 32.2. The first-order valence-electron chi connectivity index (χ1n) is 12.2. The molecule has 2 rings (SSSR count). The zero-order valence-electron chi connectivity index (χ0n) is 21.6. The van der Waals surface area contributed by atoms with Gasteiger partial charge in [0.25, 0.3) is 0 Å².